The third-order valence-corrected chi connectivity index (χ3v) is 3.36. The molecular formula is C8H8BrNO4S. The number of rotatable bonds is 2. The van der Waals surface area contributed by atoms with Gasteiger partial charge in [-0.3, -0.25) is 9.35 Å². The highest BCUT2D eigenvalue weighted by Crippen LogP contribution is 2.25. The summed E-state index contributed by atoms with van der Waals surface area (Å²) in [6, 6.07) is 3.98. The van der Waals surface area contributed by atoms with E-state index < -0.39 is 10.1 Å². The van der Waals surface area contributed by atoms with E-state index >= 15 is 0 Å². The summed E-state index contributed by atoms with van der Waals surface area (Å²) in [6.07, 6.45) is 0. The molecule has 0 radical (unpaired) electrons. The van der Waals surface area contributed by atoms with Gasteiger partial charge in [-0.2, -0.15) is 8.42 Å². The Morgan fingerprint density at radius 2 is 2.07 bits per heavy atom. The number of halogens is 1. The molecule has 0 spiro atoms. The average molecular weight is 294 g/mol. The number of hydrogen-bond acceptors (Lipinski definition) is 3. The average Bonchev–Trinajstić information content (AvgIpc) is 1.99. The predicted molar refractivity (Wildman–Crippen MR) is 58.3 cm³/mol. The van der Waals surface area contributed by atoms with E-state index in [9.17, 15) is 13.2 Å². The summed E-state index contributed by atoms with van der Waals surface area (Å²) in [5.41, 5.74) is 0.446. The summed E-state index contributed by atoms with van der Waals surface area (Å²) in [7, 11) is -4.24. The van der Waals surface area contributed by atoms with Gasteiger partial charge in [-0.25, -0.2) is 0 Å². The van der Waals surface area contributed by atoms with Crippen LogP contribution in [0.2, 0.25) is 0 Å². The Bertz CT molecular complexity index is 497. The number of benzene rings is 1. The Hall–Kier alpha value is -0.920. The second kappa shape index (κ2) is 4.30. The molecule has 0 aliphatic carbocycles. The quantitative estimate of drug-likeness (QED) is 0.812. The number of anilines is 1. The van der Waals surface area contributed by atoms with Crippen LogP contribution >= 0.6 is 15.9 Å². The van der Waals surface area contributed by atoms with Crippen molar-refractivity contribution in [3.8, 4) is 0 Å². The molecule has 0 unspecified atom stereocenters. The molecule has 1 rings (SSSR count). The van der Waals surface area contributed by atoms with Crippen LogP contribution in [0.5, 0.6) is 0 Å². The van der Waals surface area contributed by atoms with Crippen LogP contribution in [0.25, 0.3) is 0 Å². The van der Waals surface area contributed by atoms with Crippen LogP contribution in [0, 0.1) is 0 Å². The van der Waals surface area contributed by atoms with Crippen molar-refractivity contribution >= 4 is 37.6 Å². The Labute approximate surface area is 95.4 Å². The van der Waals surface area contributed by atoms with Gasteiger partial charge in [0.05, 0.1) is 0 Å². The minimum absolute atomic E-state index is 0.191. The van der Waals surface area contributed by atoms with Crippen LogP contribution in [0.3, 0.4) is 0 Å². The van der Waals surface area contributed by atoms with Crippen molar-refractivity contribution in [2.75, 3.05) is 5.32 Å². The standard InChI is InChI=1S/C8H8BrNO4S/c1-5(11)10-6-2-3-8(7(9)4-6)15(12,13)14/h2-4H,1H3,(H,10,11)(H,12,13,14). The van der Waals surface area contributed by atoms with E-state index in [1.807, 2.05) is 0 Å². The Balaban J connectivity index is 3.15. The van der Waals surface area contributed by atoms with Gasteiger partial charge in [0.15, 0.2) is 0 Å². The molecule has 0 heterocycles. The summed E-state index contributed by atoms with van der Waals surface area (Å²) in [5, 5.41) is 2.48. The fourth-order valence-corrected chi connectivity index (χ4v) is 2.53. The molecule has 15 heavy (non-hydrogen) atoms. The molecule has 1 aromatic carbocycles. The van der Waals surface area contributed by atoms with Crippen molar-refractivity contribution in [3.05, 3.63) is 22.7 Å². The summed E-state index contributed by atoms with van der Waals surface area (Å²) in [6.45, 7) is 1.34. The van der Waals surface area contributed by atoms with E-state index in [2.05, 4.69) is 21.2 Å². The zero-order chi connectivity index (χ0) is 11.6. The molecule has 82 valence electrons. The molecule has 1 amide bonds. The number of amides is 1. The number of carbonyl (C=O) groups is 1. The molecule has 0 aromatic heterocycles. The van der Waals surface area contributed by atoms with Gasteiger partial charge in [-0.05, 0) is 34.1 Å². The minimum Gasteiger partial charge on any atom is -0.326 e. The molecule has 5 nitrogen and oxygen atoms in total. The zero-order valence-corrected chi connectivity index (χ0v) is 10.1. The van der Waals surface area contributed by atoms with E-state index in [-0.39, 0.29) is 15.3 Å². The Kier molecular flexibility index (Phi) is 3.48. The molecule has 1 aromatic rings. The van der Waals surface area contributed by atoms with Crippen LogP contribution < -0.4 is 5.32 Å². The van der Waals surface area contributed by atoms with Crippen molar-refractivity contribution in [3.63, 3.8) is 0 Å². The van der Waals surface area contributed by atoms with Crippen LogP contribution in [-0.4, -0.2) is 18.9 Å². The largest absolute Gasteiger partial charge is 0.326 e. The van der Waals surface area contributed by atoms with Gasteiger partial charge in [-0.15, -0.1) is 0 Å². The van der Waals surface area contributed by atoms with Crippen molar-refractivity contribution < 1.29 is 17.8 Å². The van der Waals surface area contributed by atoms with Crippen molar-refractivity contribution in [1.29, 1.82) is 0 Å². The second-order valence-electron chi connectivity index (χ2n) is 2.80. The van der Waals surface area contributed by atoms with Gasteiger partial charge < -0.3 is 5.32 Å². The lowest BCUT2D eigenvalue weighted by atomic mass is 10.3. The maximum absolute atomic E-state index is 10.8. The summed E-state index contributed by atoms with van der Waals surface area (Å²) < 4.78 is 30.6. The van der Waals surface area contributed by atoms with Crippen molar-refractivity contribution in [1.82, 2.24) is 0 Å². The smallest absolute Gasteiger partial charge is 0.295 e. The molecule has 0 aliphatic heterocycles. The summed E-state index contributed by atoms with van der Waals surface area (Å²) in [4.78, 5) is 10.5. The molecule has 0 aliphatic rings. The first-order chi connectivity index (χ1) is 6.80. The molecule has 0 fully saturated rings. The number of nitrogens with one attached hydrogen (secondary N) is 1. The van der Waals surface area contributed by atoms with E-state index in [1.54, 1.807) is 0 Å². The number of carbonyl (C=O) groups excluding carboxylic acids is 1. The van der Waals surface area contributed by atoms with Crippen molar-refractivity contribution in [2.45, 2.75) is 11.8 Å². The lowest BCUT2D eigenvalue weighted by Crippen LogP contribution is -2.06. The fourth-order valence-electron chi connectivity index (χ4n) is 0.991. The molecule has 0 saturated heterocycles. The minimum atomic E-state index is -4.24. The summed E-state index contributed by atoms with van der Waals surface area (Å²) in [5.74, 6) is -0.262. The van der Waals surface area contributed by atoms with Gasteiger partial charge in [-0.1, -0.05) is 0 Å². The first-order valence-electron chi connectivity index (χ1n) is 3.85. The second-order valence-corrected chi connectivity index (χ2v) is 5.05. The van der Waals surface area contributed by atoms with Crippen molar-refractivity contribution in [2.24, 2.45) is 0 Å². The van der Waals surface area contributed by atoms with E-state index in [0.717, 1.165) is 0 Å². The third-order valence-electron chi connectivity index (χ3n) is 1.53. The monoisotopic (exact) mass is 293 g/mol. The highest BCUT2D eigenvalue weighted by molar-refractivity contribution is 9.10. The SMILES string of the molecule is CC(=O)Nc1ccc(S(=O)(=O)O)c(Br)c1. The highest BCUT2D eigenvalue weighted by atomic mass is 79.9. The van der Waals surface area contributed by atoms with Gasteiger partial charge in [0.25, 0.3) is 10.1 Å². The molecule has 2 N–H and O–H groups in total. The highest BCUT2D eigenvalue weighted by Gasteiger charge is 2.14. The van der Waals surface area contributed by atoms with E-state index in [4.69, 9.17) is 4.55 Å². The topological polar surface area (TPSA) is 83.5 Å². The maximum Gasteiger partial charge on any atom is 0.295 e. The van der Waals surface area contributed by atoms with Crippen LogP contribution in [-0.2, 0) is 14.9 Å². The molecular weight excluding hydrogens is 286 g/mol. The van der Waals surface area contributed by atoms with Gasteiger partial charge in [0.2, 0.25) is 5.91 Å². The summed E-state index contributed by atoms with van der Waals surface area (Å²) >= 11 is 2.98. The van der Waals surface area contributed by atoms with Gasteiger partial charge in [0, 0.05) is 17.1 Å². The first kappa shape index (κ1) is 12.2. The Morgan fingerprint density at radius 3 is 2.47 bits per heavy atom. The molecule has 0 atom stereocenters. The lowest BCUT2D eigenvalue weighted by Gasteiger charge is -2.05. The Morgan fingerprint density at radius 1 is 1.47 bits per heavy atom. The predicted octanol–water partition coefficient (Wildman–Crippen LogP) is 1.65. The van der Waals surface area contributed by atoms with Gasteiger partial charge in [0.1, 0.15) is 4.90 Å². The molecule has 0 bridgehead atoms. The normalized spacial score (nSPS) is 11.1. The van der Waals surface area contributed by atoms with Crippen LogP contribution in [0.1, 0.15) is 6.92 Å². The first-order valence-corrected chi connectivity index (χ1v) is 6.08. The van der Waals surface area contributed by atoms with Crippen LogP contribution in [0.15, 0.2) is 27.6 Å². The van der Waals surface area contributed by atoms with E-state index in [1.165, 1.54) is 25.1 Å². The van der Waals surface area contributed by atoms with E-state index in [0.29, 0.717) is 5.69 Å². The van der Waals surface area contributed by atoms with Gasteiger partial charge >= 0.3 is 0 Å². The molecule has 0 saturated carbocycles. The zero-order valence-electron chi connectivity index (χ0n) is 7.69. The molecule has 7 heteroatoms. The van der Waals surface area contributed by atoms with Crippen LogP contribution in [0.4, 0.5) is 5.69 Å². The third kappa shape index (κ3) is 3.29. The number of hydrogen-bond donors (Lipinski definition) is 2. The maximum atomic E-state index is 10.8. The fraction of sp³-hybridized carbons (Fsp3) is 0.125. The lowest BCUT2D eigenvalue weighted by molar-refractivity contribution is -0.114.